The summed E-state index contributed by atoms with van der Waals surface area (Å²) in [5.74, 6) is -0.326. The van der Waals surface area contributed by atoms with Gasteiger partial charge in [-0.15, -0.1) is 0 Å². The number of hydrogen-bond donors (Lipinski definition) is 0. The molecule has 0 unspecified atom stereocenters. The minimum Gasteiger partial charge on any atom is -0.459 e. The van der Waals surface area contributed by atoms with E-state index in [9.17, 15) is 14.0 Å². The first-order valence-electron chi connectivity index (χ1n) is 9.36. The highest BCUT2D eigenvalue weighted by Gasteiger charge is 2.28. The number of carbonyl (C=O) groups excluding carboxylic acids is 2. The number of carbonyl (C=O) groups is 2. The van der Waals surface area contributed by atoms with Gasteiger partial charge in [0.25, 0.3) is 11.8 Å². The maximum Gasteiger partial charge on any atom is 0.289 e. The van der Waals surface area contributed by atoms with E-state index in [2.05, 4.69) is 5.10 Å². The molecule has 0 saturated carbocycles. The van der Waals surface area contributed by atoms with Crippen molar-refractivity contribution in [2.75, 3.05) is 26.2 Å². The molecule has 1 saturated heterocycles. The zero-order valence-electron chi connectivity index (χ0n) is 16.3. The Morgan fingerprint density at radius 2 is 1.72 bits per heavy atom. The predicted molar refractivity (Wildman–Crippen MR) is 104 cm³/mol. The third-order valence-corrected chi connectivity index (χ3v) is 5.14. The summed E-state index contributed by atoms with van der Waals surface area (Å²) < 4.78 is 20.3. The van der Waals surface area contributed by atoms with E-state index in [1.165, 1.54) is 12.3 Å². The second-order valence-electron chi connectivity index (χ2n) is 7.06. The summed E-state index contributed by atoms with van der Waals surface area (Å²) in [7, 11) is 1.75. The van der Waals surface area contributed by atoms with E-state index < -0.39 is 0 Å². The third-order valence-electron chi connectivity index (χ3n) is 5.14. The molecule has 2 amide bonds. The number of amides is 2. The van der Waals surface area contributed by atoms with E-state index in [0.29, 0.717) is 43.2 Å². The zero-order valence-corrected chi connectivity index (χ0v) is 16.3. The molecule has 150 valence electrons. The lowest BCUT2D eigenvalue weighted by Gasteiger charge is -2.33. The maximum absolute atomic E-state index is 13.6. The Labute approximate surface area is 167 Å². The molecule has 0 spiro atoms. The van der Waals surface area contributed by atoms with Gasteiger partial charge in [0.15, 0.2) is 11.5 Å². The molecule has 1 aromatic carbocycles. The SMILES string of the molecule is Cc1cc(-c2cc(C(=O)N3CCN(C(=O)c4ccco4)CC3)nn2C)ccc1F. The summed E-state index contributed by atoms with van der Waals surface area (Å²) in [5.41, 5.74) is 2.40. The predicted octanol–water partition coefficient (Wildman–Crippen LogP) is 2.73. The number of halogens is 1. The van der Waals surface area contributed by atoms with Crippen LogP contribution < -0.4 is 0 Å². The molecule has 0 aliphatic carbocycles. The minimum absolute atomic E-state index is 0.172. The van der Waals surface area contributed by atoms with Gasteiger partial charge in [0, 0.05) is 38.8 Å². The fourth-order valence-electron chi connectivity index (χ4n) is 3.48. The fraction of sp³-hybridized carbons (Fsp3) is 0.286. The van der Waals surface area contributed by atoms with Crippen molar-refractivity contribution in [3.63, 3.8) is 0 Å². The highest BCUT2D eigenvalue weighted by Crippen LogP contribution is 2.23. The molecule has 29 heavy (non-hydrogen) atoms. The van der Waals surface area contributed by atoms with Gasteiger partial charge in [0.05, 0.1) is 12.0 Å². The van der Waals surface area contributed by atoms with E-state index in [0.717, 1.165) is 11.3 Å². The zero-order chi connectivity index (χ0) is 20.5. The average Bonchev–Trinajstić information content (AvgIpc) is 3.39. The largest absolute Gasteiger partial charge is 0.459 e. The summed E-state index contributed by atoms with van der Waals surface area (Å²) in [6, 6.07) is 9.84. The Morgan fingerprint density at radius 3 is 2.34 bits per heavy atom. The van der Waals surface area contributed by atoms with Gasteiger partial charge in [0.1, 0.15) is 5.82 Å². The Hall–Kier alpha value is -3.42. The summed E-state index contributed by atoms with van der Waals surface area (Å²) in [6.45, 7) is 3.41. The molecule has 8 heteroatoms. The number of hydrogen-bond acceptors (Lipinski definition) is 4. The van der Waals surface area contributed by atoms with Crippen molar-refractivity contribution < 1.29 is 18.4 Å². The van der Waals surface area contributed by atoms with Gasteiger partial charge in [0.2, 0.25) is 0 Å². The maximum atomic E-state index is 13.6. The average molecular weight is 396 g/mol. The first kappa shape index (κ1) is 18.9. The van der Waals surface area contributed by atoms with E-state index in [1.54, 1.807) is 58.8 Å². The Kier molecular flexibility index (Phi) is 4.92. The molecule has 0 N–H and O–H groups in total. The van der Waals surface area contributed by atoms with Crippen molar-refractivity contribution in [1.82, 2.24) is 19.6 Å². The molecule has 7 nitrogen and oxygen atoms in total. The van der Waals surface area contributed by atoms with Crippen LogP contribution in [0.5, 0.6) is 0 Å². The summed E-state index contributed by atoms with van der Waals surface area (Å²) in [5, 5.41) is 4.35. The van der Waals surface area contributed by atoms with Crippen LogP contribution in [-0.2, 0) is 7.05 Å². The fourth-order valence-corrected chi connectivity index (χ4v) is 3.48. The van der Waals surface area contributed by atoms with E-state index in [1.807, 2.05) is 0 Å². The number of benzene rings is 1. The lowest BCUT2D eigenvalue weighted by molar-refractivity contribution is 0.0515. The number of piperazine rings is 1. The molecule has 1 aliphatic rings. The van der Waals surface area contributed by atoms with Crippen LogP contribution in [0.1, 0.15) is 26.6 Å². The summed E-state index contributed by atoms with van der Waals surface area (Å²) in [6.07, 6.45) is 1.47. The van der Waals surface area contributed by atoms with Gasteiger partial charge in [-0.2, -0.15) is 5.10 Å². The lowest BCUT2D eigenvalue weighted by atomic mass is 10.1. The van der Waals surface area contributed by atoms with Crippen molar-refractivity contribution in [3.05, 3.63) is 65.5 Å². The first-order valence-corrected chi connectivity index (χ1v) is 9.36. The van der Waals surface area contributed by atoms with Crippen LogP contribution >= 0.6 is 0 Å². The number of aryl methyl sites for hydroxylation is 2. The Morgan fingerprint density at radius 1 is 1.03 bits per heavy atom. The van der Waals surface area contributed by atoms with Crippen LogP contribution in [0.2, 0.25) is 0 Å². The van der Waals surface area contributed by atoms with Gasteiger partial charge in [-0.1, -0.05) is 0 Å². The van der Waals surface area contributed by atoms with Crippen molar-refractivity contribution >= 4 is 11.8 Å². The number of aromatic nitrogens is 2. The van der Waals surface area contributed by atoms with Crippen LogP contribution in [0.25, 0.3) is 11.3 Å². The molecule has 3 heterocycles. The second-order valence-corrected chi connectivity index (χ2v) is 7.06. The standard InChI is InChI=1S/C21H21FN4O3/c1-14-12-15(5-6-16(14)22)18-13-17(23-24(18)2)20(27)25-7-9-26(10-8-25)21(28)19-4-3-11-29-19/h3-6,11-13H,7-10H2,1-2H3. The van der Waals surface area contributed by atoms with Crippen LogP contribution in [0.3, 0.4) is 0 Å². The van der Waals surface area contributed by atoms with Crippen molar-refractivity contribution in [2.45, 2.75) is 6.92 Å². The molecule has 0 radical (unpaired) electrons. The molecule has 0 bridgehead atoms. The van der Waals surface area contributed by atoms with Crippen molar-refractivity contribution in [2.24, 2.45) is 7.05 Å². The van der Waals surface area contributed by atoms with Crippen LogP contribution in [0.15, 0.2) is 47.1 Å². The van der Waals surface area contributed by atoms with E-state index in [-0.39, 0.29) is 17.6 Å². The molecule has 2 aromatic heterocycles. The van der Waals surface area contributed by atoms with Gasteiger partial charge in [-0.05, 0) is 48.9 Å². The minimum atomic E-state index is -0.269. The highest BCUT2D eigenvalue weighted by molar-refractivity contribution is 5.94. The Bertz CT molecular complexity index is 1050. The summed E-state index contributed by atoms with van der Waals surface area (Å²) in [4.78, 5) is 28.6. The highest BCUT2D eigenvalue weighted by atomic mass is 19.1. The molecular weight excluding hydrogens is 375 g/mol. The summed E-state index contributed by atoms with van der Waals surface area (Å²) >= 11 is 0. The Balaban J connectivity index is 1.45. The topological polar surface area (TPSA) is 71.6 Å². The quantitative estimate of drug-likeness (QED) is 0.683. The normalized spacial score (nSPS) is 14.3. The smallest absolute Gasteiger partial charge is 0.289 e. The number of furan rings is 1. The monoisotopic (exact) mass is 396 g/mol. The lowest BCUT2D eigenvalue weighted by Crippen LogP contribution is -2.50. The van der Waals surface area contributed by atoms with Gasteiger partial charge < -0.3 is 14.2 Å². The van der Waals surface area contributed by atoms with Crippen LogP contribution in [0.4, 0.5) is 4.39 Å². The number of nitrogens with zero attached hydrogens (tertiary/aromatic N) is 4. The molecule has 1 fully saturated rings. The van der Waals surface area contributed by atoms with E-state index in [4.69, 9.17) is 4.42 Å². The third kappa shape index (κ3) is 3.65. The molecule has 3 aromatic rings. The van der Waals surface area contributed by atoms with Gasteiger partial charge >= 0.3 is 0 Å². The number of rotatable bonds is 3. The van der Waals surface area contributed by atoms with Crippen LogP contribution in [-0.4, -0.2) is 57.6 Å². The first-order chi connectivity index (χ1) is 13.9. The van der Waals surface area contributed by atoms with Gasteiger partial charge in [-0.3, -0.25) is 14.3 Å². The molecule has 4 rings (SSSR count). The second kappa shape index (κ2) is 7.54. The van der Waals surface area contributed by atoms with Crippen molar-refractivity contribution in [3.8, 4) is 11.3 Å². The molecule has 1 aliphatic heterocycles. The van der Waals surface area contributed by atoms with E-state index >= 15 is 0 Å². The molecule has 0 atom stereocenters. The van der Waals surface area contributed by atoms with Gasteiger partial charge in [-0.25, -0.2) is 4.39 Å². The van der Waals surface area contributed by atoms with Crippen LogP contribution in [0, 0.1) is 12.7 Å². The molecular formula is C21H21FN4O3. The van der Waals surface area contributed by atoms with Crippen molar-refractivity contribution in [1.29, 1.82) is 0 Å².